The molecule has 6 nitrogen and oxygen atoms in total. The van der Waals surface area contributed by atoms with Gasteiger partial charge in [0, 0.05) is 42.7 Å². The molecule has 132 valence electrons. The molecule has 26 heavy (non-hydrogen) atoms. The zero-order valence-electron chi connectivity index (χ0n) is 14.1. The van der Waals surface area contributed by atoms with Gasteiger partial charge in [-0.2, -0.15) is 5.10 Å². The number of benzene rings is 1. The Labute approximate surface area is 150 Å². The molecule has 7 heteroatoms. The van der Waals surface area contributed by atoms with Gasteiger partial charge in [0.05, 0.1) is 12.4 Å². The number of aromatic amines is 1. The van der Waals surface area contributed by atoms with Crippen molar-refractivity contribution in [2.75, 3.05) is 13.1 Å². The Bertz CT molecular complexity index is 911. The molecule has 1 amide bonds. The molecule has 1 aliphatic heterocycles. The average molecular weight is 351 g/mol. The lowest BCUT2D eigenvalue weighted by Gasteiger charge is -2.32. The number of amides is 1. The van der Waals surface area contributed by atoms with Crippen molar-refractivity contribution in [2.24, 2.45) is 0 Å². The van der Waals surface area contributed by atoms with Crippen molar-refractivity contribution in [1.29, 1.82) is 0 Å². The number of hydrogen-bond donors (Lipinski definition) is 1. The number of aromatic nitrogens is 4. The molecule has 3 aromatic rings. The van der Waals surface area contributed by atoms with Gasteiger partial charge in [-0.3, -0.25) is 14.9 Å². The molecule has 1 N–H and O–H groups in total. The van der Waals surface area contributed by atoms with Crippen LogP contribution in [0.3, 0.4) is 0 Å². The van der Waals surface area contributed by atoms with Gasteiger partial charge >= 0.3 is 0 Å². The van der Waals surface area contributed by atoms with Gasteiger partial charge in [-0.05, 0) is 30.5 Å². The second kappa shape index (κ2) is 7.03. The number of H-pyrrole nitrogens is 1. The zero-order chi connectivity index (χ0) is 17.9. The quantitative estimate of drug-likeness (QED) is 0.787. The highest BCUT2D eigenvalue weighted by Gasteiger charge is 2.28. The number of piperidine rings is 1. The maximum atomic E-state index is 13.6. The van der Waals surface area contributed by atoms with Crippen molar-refractivity contribution in [2.45, 2.75) is 18.8 Å². The lowest BCUT2D eigenvalue weighted by atomic mass is 9.90. The molecular formula is C19H18FN5O. The molecule has 1 aromatic carbocycles. The SMILES string of the molecule is O=C(c1cnccn1)N1CCC[C@H](c2[nH]ncc2-c2cccc(F)c2)C1. The summed E-state index contributed by atoms with van der Waals surface area (Å²) in [4.78, 5) is 22.5. The van der Waals surface area contributed by atoms with Crippen molar-refractivity contribution >= 4 is 5.91 Å². The Balaban J connectivity index is 1.58. The summed E-state index contributed by atoms with van der Waals surface area (Å²) >= 11 is 0. The van der Waals surface area contributed by atoms with E-state index in [4.69, 9.17) is 0 Å². The lowest BCUT2D eigenvalue weighted by molar-refractivity contribution is 0.0699. The number of carbonyl (C=O) groups excluding carboxylic acids is 1. The molecule has 0 bridgehead atoms. The first-order valence-corrected chi connectivity index (χ1v) is 8.57. The molecule has 0 spiro atoms. The Hall–Kier alpha value is -3.09. The van der Waals surface area contributed by atoms with Gasteiger partial charge in [-0.25, -0.2) is 9.37 Å². The molecule has 1 fully saturated rings. The van der Waals surface area contributed by atoms with Crippen LogP contribution in [0, 0.1) is 5.82 Å². The third-order valence-electron chi connectivity index (χ3n) is 4.70. The number of hydrogen-bond acceptors (Lipinski definition) is 4. The zero-order valence-corrected chi connectivity index (χ0v) is 14.1. The summed E-state index contributed by atoms with van der Waals surface area (Å²) in [6.07, 6.45) is 8.10. The molecule has 0 aliphatic carbocycles. The van der Waals surface area contributed by atoms with Gasteiger partial charge in [0.1, 0.15) is 11.5 Å². The van der Waals surface area contributed by atoms with Crippen LogP contribution < -0.4 is 0 Å². The number of nitrogens with one attached hydrogen (secondary N) is 1. The first-order chi connectivity index (χ1) is 12.7. The van der Waals surface area contributed by atoms with E-state index in [-0.39, 0.29) is 17.6 Å². The van der Waals surface area contributed by atoms with Gasteiger partial charge in [-0.1, -0.05) is 12.1 Å². The predicted octanol–water partition coefficient (Wildman–Crippen LogP) is 3.03. The Morgan fingerprint density at radius 3 is 3.00 bits per heavy atom. The van der Waals surface area contributed by atoms with Crippen molar-refractivity contribution < 1.29 is 9.18 Å². The normalized spacial score (nSPS) is 17.3. The van der Waals surface area contributed by atoms with Crippen molar-refractivity contribution in [3.8, 4) is 11.1 Å². The summed E-state index contributed by atoms with van der Waals surface area (Å²) < 4.78 is 13.6. The Kier molecular flexibility index (Phi) is 4.43. The van der Waals surface area contributed by atoms with Gasteiger partial charge in [0.25, 0.3) is 5.91 Å². The highest BCUT2D eigenvalue weighted by molar-refractivity contribution is 5.92. The van der Waals surface area contributed by atoms with E-state index >= 15 is 0 Å². The summed E-state index contributed by atoms with van der Waals surface area (Å²) in [7, 11) is 0. The number of halogens is 1. The Morgan fingerprint density at radius 1 is 1.27 bits per heavy atom. The van der Waals surface area contributed by atoms with Gasteiger partial charge in [0.2, 0.25) is 0 Å². The van der Waals surface area contributed by atoms with Gasteiger partial charge < -0.3 is 4.90 Å². The maximum Gasteiger partial charge on any atom is 0.274 e. The molecule has 3 heterocycles. The third kappa shape index (κ3) is 3.20. The minimum atomic E-state index is -0.280. The molecule has 0 saturated carbocycles. The van der Waals surface area contributed by atoms with Crippen LogP contribution in [0.4, 0.5) is 4.39 Å². The van der Waals surface area contributed by atoms with Crippen LogP contribution in [0.1, 0.15) is 34.9 Å². The van der Waals surface area contributed by atoms with Crippen molar-refractivity contribution in [1.82, 2.24) is 25.1 Å². The maximum absolute atomic E-state index is 13.6. The summed E-state index contributed by atoms with van der Waals surface area (Å²) in [5.74, 6) is -0.280. The van der Waals surface area contributed by atoms with Crippen LogP contribution >= 0.6 is 0 Å². The minimum Gasteiger partial charge on any atom is -0.337 e. The lowest BCUT2D eigenvalue weighted by Crippen LogP contribution is -2.39. The summed E-state index contributed by atoms with van der Waals surface area (Å²) in [5.41, 5.74) is 2.95. The number of nitrogens with zero attached hydrogens (tertiary/aromatic N) is 4. The smallest absolute Gasteiger partial charge is 0.274 e. The minimum absolute atomic E-state index is 0.116. The van der Waals surface area contributed by atoms with Crippen LogP contribution in [0.2, 0.25) is 0 Å². The van der Waals surface area contributed by atoms with Crippen LogP contribution in [0.25, 0.3) is 11.1 Å². The summed E-state index contributed by atoms with van der Waals surface area (Å²) in [6, 6.07) is 6.47. The van der Waals surface area contributed by atoms with Crippen molar-refractivity contribution in [3.63, 3.8) is 0 Å². The second-order valence-electron chi connectivity index (χ2n) is 6.39. The number of likely N-dealkylation sites (tertiary alicyclic amines) is 1. The largest absolute Gasteiger partial charge is 0.337 e. The van der Waals surface area contributed by atoms with Crippen LogP contribution in [-0.4, -0.2) is 44.1 Å². The second-order valence-corrected chi connectivity index (χ2v) is 6.39. The van der Waals surface area contributed by atoms with E-state index < -0.39 is 0 Å². The molecule has 0 unspecified atom stereocenters. The van der Waals surface area contributed by atoms with E-state index in [1.165, 1.54) is 24.5 Å². The highest BCUT2D eigenvalue weighted by atomic mass is 19.1. The van der Waals surface area contributed by atoms with Gasteiger partial charge in [0.15, 0.2) is 0 Å². The van der Waals surface area contributed by atoms with Crippen LogP contribution in [0.5, 0.6) is 0 Å². The van der Waals surface area contributed by atoms with E-state index in [9.17, 15) is 9.18 Å². The number of carbonyl (C=O) groups is 1. The fourth-order valence-corrected chi connectivity index (χ4v) is 3.46. The predicted molar refractivity (Wildman–Crippen MR) is 93.9 cm³/mol. The standard InChI is InChI=1S/C19H18FN5O/c20-15-5-1-3-13(9-15)16-10-23-24-18(16)14-4-2-8-25(12-14)19(26)17-11-21-6-7-22-17/h1,3,5-7,9-11,14H,2,4,8,12H2,(H,23,24)/t14-/m0/s1. The van der Waals surface area contributed by atoms with E-state index in [1.54, 1.807) is 23.4 Å². The van der Waals surface area contributed by atoms with Gasteiger partial charge in [-0.15, -0.1) is 0 Å². The molecule has 4 rings (SSSR count). The molecule has 1 saturated heterocycles. The summed E-state index contributed by atoms with van der Waals surface area (Å²) in [6.45, 7) is 1.26. The monoisotopic (exact) mass is 351 g/mol. The van der Waals surface area contributed by atoms with Crippen molar-refractivity contribution in [3.05, 3.63) is 66.3 Å². The van der Waals surface area contributed by atoms with E-state index in [0.717, 1.165) is 29.7 Å². The molecule has 1 aliphatic rings. The molecule has 0 radical (unpaired) electrons. The summed E-state index contributed by atoms with van der Waals surface area (Å²) in [5, 5.41) is 7.21. The van der Waals surface area contributed by atoms with E-state index in [1.807, 2.05) is 6.07 Å². The van der Waals surface area contributed by atoms with E-state index in [2.05, 4.69) is 20.2 Å². The van der Waals surface area contributed by atoms with E-state index in [0.29, 0.717) is 18.8 Å². The fourth-order valence-electron chi connectivity index (χ4n) is 3.46. The third-order valence-corrected chi connectivity index (χ3v) is 4.70. The fraction of sp³-hybridized carbons (Fsp3) is 0.263. The van der Waals surface area contributed by atoms with Crippen LogP contribution in [0.15, 0.2) is 49.1 Å². The molecule has 1 atom stereocenters. The van der Waals surface area contributed by atoms with Crippen LogP contribution in [-0.2, 0) is 0 Å². The molecule has 2 aromatic heterocycles. The molecular weight excluding hydrogens is 333 g/mol. The highest BCUT2D eigenvalue weighted by Crippen LogP contribution is 2.33. The number of rotatable bonds is 3. The first-order valence-electron chi connectivity index (χ1n) is 8.57. The topological polar surface area (TPSA) is 74.8 Å². The average Bonchev–Trinajstić information content (AvgIpc) is 3.18. The first kappa shape index (κ1) is 16.4. The Morgan fingerprint density at radius 2 is 2.19 bits per heavy atom.